The fraction of sp³-hybridized carbons (Fsp3) is 0.462. The number of likely N-dealkylation sites (tertiary alicyclic amines) is 1. The summed E-state index contributed by atoms with van der Waals surface area (Å²) in [6.07, 6.45) is -0.328. The Morgan fingerprint density at radius 3 is 2.41 bits per heavy atom. The molecule has 1 aromatic rings. The minimum atomic E-state index is -0.547. The topological polar surface area (TPSA) is 40.5 Å². The van der Waals surface area contributed by atoms with E-state index in [1.165, 1.54) is 0 Å². The number of benzene rings is 1. The number of aliphatic hydroxyl groups is 1. The molecule has 1 amide bonds. The van der Waals surface area contributed by atoms with Gasteiger partial charge in [-0.15, -0.1) is 0 Å². The highest BCUT2D eigenvalue weighted by molar-refractivity contribution is 6.30. The molecular formula is C13H16ClNO2. The maximum absolute atomic E-state index is 11.8. The van der Waals surface area contributed by atoms with Crippen molar-refractivity contribution in [3.05, 3.63) is 34.9 Å². The predicted molar refractivity (Wildman–Crippen MR) is 66.8 cm³/mol. The summed E-state index contributed by atoms with van der Waals surface area (Å²) in [6.45, 7) is 4.35. The number of halogens is 1. The van der Waals surface area contributed by atoms with Gasteiger partial charge in [0.25, 0.3) is 0 Å². The van der Waals surface area contributed by atoms with Gasteiger partial charge in [-0.2, -0.15) is 0 Å². The third-order valence-electron chi connectivity index (χ3n) is 3.33. The van der Waals surface area contributed by atoms with E-state index in [4.69, 9.17) is 11.6 Å². The minimum Gasteiger partial charge on any atom is -0.391 e. The number of hydrogen-bond acceptors (Lipinski definition) is 2. The third-order valence-corrected chi connectivity index (χ3v) is 3.58. The lowest BCUT2D eigenvalue weighted by atomic mass is 9.92. The Hall–Kier alpha value is -1.06. The second-order valence-corrected chi connectivity index (χ2v) is 5.36. The van der Waals surface area contributed by atoms with Crippen LogP contribution < -0.4 is 0 Å². The standard InChI is InChI=1S/C13H16ClNO2/c1-13(2,9-3-5-10(14)6-4-9)15-8-11(16)7-12(15)17/h3-6,11,16H,7-8H2,1-2H3. The molecule has 0 radical (unpaired) electrons. The molecule has 1 N–H and O–H groups in total. The van der Waals surface area contributed by atoms with Crippen LogP contribution in [0.15, 0.2) is 24.3 Å². The maximum Gasteiger partial charge on any atom is 0.226 e. The largest absolute Gasteiger partial charge is 0.391 e. The maximum atomic E-state index is 11.8. The van der Waals surface area contributed by atoms with Crippen LogP contribution in [0.25, 0.3) is 0 Å². The van der Waals surface area contributed by atoms with E-state index < -0.39 is 11.6 Å². The molecule has 1 fully saturated rings. The summed E-state index contributed by atoms with van der Waals surface area (Å²) in [6, 6.07) is 7.46. The van der Waals surface area contributed by atoms with Gasteiger partial charge in [-0.25, -0.2) is 0 Å². The fourth-order valence-corrected chi connectivity index (χ4v) is 2.37. The van der Waals surface area contributed by atoms with E-state index >= 15 is 0 Å². The molecule has 17 heavy (non-hydrogen) atoms. The van der Waals surface area contributed by atoms with Gasteiger partial charge in [0.2, 0.25) is 5.91 Å². The van der Waals surface area contributed by atoms with Crippen LogP contribution in [0.5, 0.6) is 0 Å². The zero-order valence-electron chi connectivity index (χ0n) is 9.98. The van der Waals surface area contributed by atoms with Crippen LogP contribution in [-0.2, 0) is 10.3 Å². The highest BCUT2D eigenvalue weighted by Crippen LogP contribution is 2.32. The molecule has 3 nitrogen and oxygen atoms in total. The third kappa shape index (κ3) is 2.31. The van der Waals surface area contributed by atoms with Gasteiger partial charge in [0.05, 0.1) is 18.1 Å². The van der Waals surface area contributed by atoms with Crippen LogP contribution in [0.4, 0.5) is 0 Å². The Labute approximate surface area is 106 Å². The molecule has 0 spiro atoms. The number of rotatable bonds is 2. The summed E-state index contributed by atoms with van der Waals surface area (Å²) < 4.78 is 0. The quantitative estimate of drug-likeness (QED) is 0.878. The molecule has 0 saturated carbocycles. The van der Waals surface area contributed by atoms with Crippen molar-refractivity contribution in [2.45, 2.75) is 31.9 Å². The molecule has 1 unspecified atom stereocenters. The monoisotopic (exact) mass is 253 g/mol. The normalized spacial score (nSPS) is 21.1. The molecule has 2 rings (SSSR count). The van der Waals surface area contributed by atoms with Gasteiger partial charge in [0, 0.05) is 11.6 Å². The molecule has 4 heteroatoms. The highest BCUT2D eigenvalue weighted by Gasteiger charge is 2.38. The average Bonchev–Trinajstić information content (AvgIpc) is 2.59. The lowest BCUT2D eigenvalue weighted by Crippen LogP contribution is -2.42. The van der Waals surface area contributed by atoms with E-state index in [-0.39, 0.29) is 12.3 Å². The molecule has 1 aliphatic heterocycles. The number of amides is 1. The summed E-state index contributed by atoms with van der Waals surface area (Å²) in [5.74, 6) is -0.00236. The molecule has 0 bridgehead atoms. The van der Waals surface area contributed by atoms with Crippen LogP contribution in [0.2, 0.25) is 5.02 Å². The number of carbonyl (C=O) groups excluding carboxylic acids is 1. The second kappa shape index (κ2) is 4.31. The Morgan fingerprint density at radius 2 is 1.94 bits per heavy atom. The van der Waals surface area contributed by atoms with Crippen LogP contribution in [0.1, 0.15) is 25.8 Å². The molecule has 0 aromatic heterocycles. The van der Waals surface area contributed by atoms with Gasteiger partial charge in [-0.05, 0) is 31.5 Å². The molecule has 1 aromatic carbocycles. The van der Waals surface area contributed by atoms with Crippen molar-refractivity contribution in [2.75, 3.05) is 6.54 Å². The van der Waals surface area contributed by atoms with Crippen molar-refractivity contribution in [2.24, 2.45) is 0 Å². The van der Waals surface area contributed by atoms with Crippen LogP contribution in [-0.4, -0.2) is 28.6 Å². The minimum absolute atomic E-state index is 0.00236. The van der Waals surface area contributed by atoms with Crippen molar-refractivity contribution in [1.82, 2.24) is 4.90 Å². The molecule has 1 aliphatic rings. The van der Waals surface area contributed by atoms with Crippen molar-refractivity contribution in [1.29, 1.82) is 0 Å². The lowest BCUT2D eigenvalue weighted by Gasteiger charge is -2.36. The number of β-amino-alcohol motifs (C(OH)–C–C–N with tert-alkyl or cyclic N) is 1. The van der Waals surface area contributed by atoms with Gasteiger partial charge in [0.15, 0.2) is 0 Å². The highest BCUT2D eigenvalue weighted by atomic mass is 35.5. The van der Waals surface area contributed by atoms with Crippen LogP contribution in [0.3, 0.4) is 0 Å². The van der Waals surface area contributed by atoms with Gasteiger partial charge in [-0.3, -0.25) is 4.79 Å². The zero-order valence-corrected chi connectivity index (χ0v) is 10.7. The summed E-state index contributed by atoms with van der Waals surface area (Å²) in [7, 11) is 0. The van der Waals surface area contributed by atoms with Crippen LogP contribution >= 0.6 is 11.6 Å². The van der Waals surface area contributed by atoms with Gasteiger partial charge >= 0.3 is 0 Å². The first-order valence-electron chi connectivity index (χ1n) is 5.66. The van der Waals surface area contributed by atoms with E-state index in [9.17, 15) is 9.90 Å². The van der Waals surface area contributed by atoms with Crippen molar-refractivity contribution in [3.8, 4) is 0 Å². The lowest BCUT2D eigenvalue weighted by molar-refractivity contribution is -0.132. The molecular weight excluding hydrogens is 238 g/mol. The molecule has 92 valence electrons. The molecule has 0 aliphatic carbocycles. The van der Waals surface area contributed by atoms with Gasteiger partial charge in [-0.1, -0.05) is 23.7 Å². The van der Waals surface area contributed by atoms with E-state index in [0.717, 1.165) is 5.56 Å². The Morgan fingerprint density at radius 1 is 1.35 bits per heavy atom. The summed E-state index contributed by atoms with van der Waals surface area (Å²) in [5, 5.41) is 10.2. The zero-order chi connectivity index (χ0) is 12.6. The fourth-order valence-electron chi connectivity index (χ4n) is 2.24. The predicted octanol–water partition coefficient (Wildman–Crippen LogP) is 2.17. The Bertz CT molecular complexity index is 428. The van der Waals surface area contributed by atoms with Crippen molar-refractivity contribution < 1.29 is 9.90 Å². The first-order valence-corrected chi connectivity index (χ1v) is 6.03. The molecule has 1 atom stereocenters. The van der Waals surface area contributed by atoms with E-state index in [1.807, 2.05) is 38.1 Å². The summed E-state index contributed by atoms with van der Waals surface area (Å²) >= 11 is 5.85. The number of carbonyl (C=O) groups is 1. The van der Waals surface area contributed by atoms with Crippen molar-refractivity contribution >= 4 is 17.5 Å². The van der Waals surface area contributed by atoms with Crippen LogP contribution in [0, 0.1) is 0 Å². The van der Waals surface area contributed by atoms with Gasteiger partial charge < -0.3 is 10.0 Å². The number of nitrogens with zero attached hydrogens (tertiary/aromatic N) is 1. The van der Waals surface area contributed by atoms with Gasteiger partial charge in [0.1, 0.15) is 0 Å². The Kier molecular flexibility index (Phi) is 3.15. The summed E-state index contributed by atoms with van der Waals surface area (Å²) in [5.41, 5.74) is 0.600. The van der Waals surface area contributed by atoms with E-state index in [0.29, 0.717) is 11.6 Å². The molecule has 1 saturated heterocycles. The number of hydrogen-bond donors (Lipinski definition) is 1. The molecule has 1 heterocycles. The SMILES string of the molecule is CC(C)(c1ccc(Cl)cc1)N1CC(O)CC1=O. The summed E-state index contributed by atoms with van der Waals surface area (Å²) in [4.78, 5) is 13.5. The van der Waals surface area contributed by atoms with E-state index in [1.54, 1.807) is 4.90 Å². The first kappa shape index (κ1) is 12.4. The second-order valence-electron chi connectivity index (χ2n) is 4.93. The smallest absolute Gasteiger partial charge is 0.226 e. The Balaban J connectivity index is 2.29. The van der Waals surface area contributed by atoms with E-state index in [2.05, 4.69) is 0 Å². The van der Waals surface area contributed by atoms with Crippen molar-refractivity contribution in [3.63, 3.8) is 0 Å². The number of aliphatic hydroxyl groups excluding tert-OH is 1. The average molecular weight is 254 g/mol. The first-order chi connectivity index (χ1) is 7.91.